The van der Waals surface area contributed by atoms with Crippen LogP contribution in [0, 0.1) is 12.3 Å². The highest BCUT2D eigenvalue weighted by Crippen LogP contribution is 2.47. The van der Waals surface area contributed by atoms with Crippen LogP contribution in [-0.4, -0.2) is 15.9 Å². The second kappa shape index (κ2) is 5.86. The number of halogens is 2. The standard InChI is InChI=1S/C16H14Cl2N2O2S/c1-4-9(2)22-13-8-12(10(17)7-11(13)18)20-15(21)23-14(19-20)16(3)5-6-16/h1,7-9H,5-6H2,2-3H3. The summed E-state index contributed by atoms with van der Waals surface area (Å²) in [6.45, 7) is 3.83. The lowest BCUT2D eigenvalue weighted by atomic mass is 10.2. The molecule has 1 saturated carbocycles. The van der Waals surface area contributed by atoms with E-state index >= 15 is 0 Å². The summed E-state index contributed by atoms with van der Waals surface area (Å²) < 4.78 is 6.87. The van der Waals surface area contributed by atoms with Gasteiger partial charge in [-0.3, -0.25) is 4.79 Å². The number of aromatic nitrogens is 2. The van der Waals surface area contributed by atoms with Crippen molar-refractivity contribution in [3.63, 3.8) is 0 Å². The summed E-state index contributed by atoms with van der Waals surface area (Å²) in [5.41, 5.74) is 0.456. The normalized spacial score (nSPS) is 16.7. The van der Waals surface area contributed by atoms with Crippen LogP contribution in [0.15, 0.2) is 16.9 Å². The third-order valence-electron chi connectivity index (χ3n) is 3.83. The van der Waals surface area contributed by atoms with Crippen LogP contribution >= 0.6 is 34.5 Å². The van der Waals surface area contributed by atoms with E-state index in [1.54, 1.807) is 13.0 Å². The molecule has 1 aliphatic rings. The molecule has 0 N–H and O–H groups in total. The number of ether oxygens (including phenoxy) is 1. The maximum absolute atomic E-state index is 12.3. The molecule has 23 heavy (non-hydrogen) atoms. The lowest BCUT2D eigenvalue weighted by Gasteiger charge is -2.13. The highest BCUT2D eigenvalue weighted by atomic mass is 35.5. The minimum atomic E-state index is -0.449. The molecule has 7 heteroatoms. The Hall–Kier alpha value is -1.48. The lowest BCUT2D eigenvalue weighted by Crippen LogP contribution is -2.14. The molecule has 1 aromatic heterocycles. The summed E-state index contributed by atoms with van der Waals surface area (Å²) in [6, 6.07) is 3.12. The van der Waals surface area contributed by atoms with Gasteiger partial charge in [-0.05, 0) is 25.8 Å². The molecular formula is C16H14Cl2N2O2S. The molecule has 2 aromatic rings. The van der Waals surface area contributed by atoms with E-state index in [2.05, 4.69) is 17.9 Å². The Bertz CT molecular complexity index is 862. The van der Waals surface area contributed by atoms with Crippen molar-refractivity contribution >= 4 is 34.5 Å². The van der Waals surface area contributed by atoms with E-state index < -0.39 is 6.10 Å². The molecular weight excluding hydrogens is 355 g/mol. The molecule has 0 spiro atoms. The van der Waals surface area contributed by atoms with Gasteiger partial charge in [0.1, 0.15) is 10.8 Å². The number of benzene rings is 1. The second-order valence-electron chi connectivity index (χ2n) is 5.81. The number of terminal acetylenes is 1. The van der Waals surface area contributed by atoms with Gasteiger partial charge in [-0.15, -0.1) is 6.42 Å². The number of rotatable bonds is 4. The molecule has 4 nitrogen and oxygen atoms in total. The Balaban J connectivity index is 2.06. The Kier molecular flexibility index (Phi) is 4.18. The predicted molar refractivity (Wildman–Crippen MR) is 93.2 cm³/mol. The zero-order valence-corrected chi connectivity index (χ0v) is 14.9. The fourth-order valence-corrected chi connectivity index (χ4v) is 3.54. The van der Waals surface area contributed by atoms with E-state index in [-0.39, 0.29) is 10.3 Å². The summed E-state index contributed by atoms with van der Waals surface area (Å²) in [5, 5.41) is 5.93. The number of hydrogen-bond donors (Lipinski definition) is 0. The Labute approximate surface area is 148 Å². The summed E-state index contributed by atoms with van der Waals surface area (Å²) in [7, 11) is 0. The van der Waals surface area contributed by atoms with Crippen LogP contribution in [0.4, 0.5) is 0 Å². The first-order valence-electron chi connectivity index (χ1n) is 7.07. The van der Waals surface area contributed by atoms with Crippen molar-refractivity contribution in [2.45, 2.75) is 38.2 Å². The molecule has 1 unspecified atom stereocenters. The fourth-order valence-electron chi connectivity index (χ4n) is 2.07. The van der Waals surface area contributed by atoms with E-state index in [1.165, 1.54) is 10.7 Å². The molecule has 1 aliphatic carbocycles. The third kappa shape index (κ3) is 3.12. The molecule has 0 aliphatic heterocycles. The second-order valence-corrected chi connectivity index (χ2v) is 7.56. The van der Waals surface area contributed by atoms with Gasteiger partial charge in [-0.2, -0.15) is 9.78 Å². The van der Waals surface area contributed by atoms with Crippen LogP contribution in [0.2, 0.25) is 10.0 Å². The highest BCUT2D eigenvalue weighted by molar-refractivity contribution is 7.09. The Morgan fingerprint density at radius 1 is 1.43 bits per heavy atom. The van der Waals surface area contributed by atoms with Gasteiger partial charge in [0.25, 0.3) is 0 Å². The van der Waals surface area contributed by atoms with Gasteiger partial charge in [0.2, 0.25) is 0 Å². The summed E-state index contributed by atoms with van der Waals surface area (Å²) in [5.74, 6) is 2.83. The zero-order valence-electron chi connectivity index (χ0n) is 12.6. The van der Waals surface area contributed by atoms with Gasteiger partial charge in [0.15, 0.2) is 6.10 Å². The van der Waals surface area contributed by atoms with Crippen molar-refractivity contribution in [3.05, 3.63) is 36.9 Å². The van der Waals surface area contributed by atoms with Crippen molar-refractivity contribution in [1.82, 2.24) is 9.78 Å². The Morgan fingerprint density at radius 2 is 2.13 bits per heavy atom. The molecule has 3 rings (SSSR count). The maximum atomic E-state index is 12.3. The molecule has 1 atom stereocenters. The van der Waals surface area contributed by atoms with Crippen molar-refractivity contribution in [2.75, 3.05) is 0 Å². The van der Waals surface area contributed by atoms with E-state index in [1.807, 2.05) is 0 Å². The fraction of sp³-hybridized carbons (Fsp3) is 0.375. The van der Waals surface area contributed by atoms with Gasteiger partial charge >= 0.3 is 4.87 Å². The first-order chi connectivity index (χ1) is 10.8. The summed E-state index contributed by atoms with van der Waals surface area (Å²) in [4.78, 5) is 12.1. The maximum Gasteiger partial charge on any atom is 0.329 e. The minimum Gasteiger partial charge on any atom is -0.476 e. The van der Waals surface area contributed by atoms with E-state index in [0.29, 0.717) is 21.5 Å². The van der Waals surface area contributed by atoms with E-state index in [4.69, 9.17) is 34.4 Å². The first-order valence-corrected chi connectivity index (χ1v) is 8.64. The van der Waals surface area contributed by atoms with E-state index in [9.17, 15) is 4.79 Å². The quantitative estimate of drug-likeness (QED) is 0.764. The van der Waals surface area contributed by atoms with Crippen molar-refractivity contribution in [2.24, 2.45) is 0 Å². The SMILES string of the molecule is C#CC(C)Oc1cc(-n2nc(C3(C)CC3)sc2=O)c(Cl)cc1Cl. The molecule has 1 aromatic carbocycles. The number of nitrogens with zero attached hydrogens (tertiary/aromatic N) is 2. The summed E-state index contributed by atoms with van der Waals surface area (Å²) >= 11 is 13.5. The Morgan fingerprint density at radius 3 is 2.74 bits per heavy atom. The van der Waals surface area contributed by atoms with Crippen LogP contribution in [0.1, 0.15) is 31.7 Å². The molecule has 0 radical (unpaired) electrons. The highest BCUT2D eigenvalue weighted by Gasteiger charge is 2.42. The summed E-state index contributed by atoms with van der Waals surface area (Å²) in [6.07, 6.45) is 6.96. The van der Waals surface area contributed by atoms with Crippen LogP contribution < -0.4 is 9.61 Å². The van der Waals surface area contributed by atoms with Gasteiger partial charge in [-0.1, -0.05) is 47.4 Å². The van der Waals surface area contributed by atoms with Crippen molar-refractivity contribution < 1.29 is 4.74 Å². The van der Waals surface area contributed by atoms with E-state index in [0.717, 1.165) is 29.2 Å². The molecule has 120 valence electrons. The molecule has 1 heterocycles. The topological polar surface area (TPSA) is 44.1 Å². The monoisotopic (exact) mass is 368 g/mol. The largest absolute Gasteiger partial charge is 0.476 e. The smallest absolute Gasteiger partial charge is 0.329 e. The predicted octanol–water partition coefficient (Wildman–Crippen LogP) is 4.05. The molecule has 0 saturated heterocycles. The van der Waals surface area contributed by atoms with Crippen LogP contribution in [0.5, 0.6) is 5.75 Å². The lowest BCUT2D eigenvalue weighted by molar-refractivity contribution is 0.279. The van der Waals surface area contributed by atoms with Gasteiger partial charge < -0.3 is 4.74 Å². The third-order valence-corrected chi connectivity index (χ3v) is 5.55. The molecule has 1 fully saturated rings. The van der Waals surface area contributed by atoms with Crippen molar-refractivity contribution in [3.8, 4) is 23.8 Å². The first kappa shape index (κ1) is 16.4. The van der Waals surface area contributed by atoms with Crippen LogP contribution in [-0.2, 0) is 5.41 Å². The van der Waals surface area contributed by atoms with Crippen LogP contribution in [0.25, 0.3) is 5.69 Å². The molecule has 0 bridgehead atoms. The van der Waals surface area contributed by atoms with Gasteiger partial charge in [-0.25, -0.2) is 0 Å². The van der Waals surface area contributed by atoms with Crippen LogP contribution in [0.3, 0.4) is 0 Å². The minimum absolute atomic E-state index is 0.0191. The molecule has 0 amide bonds. The van der Waals surface area contributed by atoms with Gasteiger partial charge in [0, 0.05) is 11.5 Å². The van der Waals surface area contributed by atoms with Crippen molar-refractivity contribution in [1.29, 1.82) is 0 Å². The average Bonchev–Trinajstić information content (AvgIpc) is 3.13. The zero-order chi connectivity index (χ0) is 16.8. The average molecular weight is 369 g/mol. The van der Waals surface area contributed by atoms with Gasteiger partial charge in [0.05, 0.1) is 15.7 Å². The number of hydrogen-bond acceptors (Lipinski definition) is 4.